The number of fused-ring (bicyclic) bond motifs is 2. The van der Waals surface area contributed by atoms with Crippen LogP contribution in [0.5, 0.6) is 5.75 Å². The lowest BCUT2D eigenvalue weighted by Crippen LogP contribution is -2.70. The first-order chi connectivity index (χ1) is 16.9. The second-order valence-corrected chi connectivity index (χ2v) is 10.3. The lowest BCUT2D eigenvalue weighted by Gasteiger charge is -2.50. The highest BCUT2D eigenvalue weighted by Crippen LogP contribution is 2.53. The Labute approximate surface area is 213 Å². The van der Waals surface area contributed by atoms with Crippen molar-refractivity contribution in [2.75, 3.05) is 13.2 Å². The molecule has 2 heterocycles. The summed E-state index contributed by atoms with van der Waals surface area (Å²) in [6, 6.07) is 12.3. The van der Waals surface area contributed by atoms with Crippen molar-refractivity contribution in [3.8, 4) is 5.75 Å². The predicted octanol–water partition coefficient (Wildman–Crippen LogP) is 1.98. The first-order valence-corrected chi connectivity index (χ1v) is 12.1. The zero-order chi connectivity index (χ0) is 26.3. The number of benzene rings is 2. The van der Waals surface area contributed by atoms with Crippen LogP contribution in [0, 0.1) is 0 Å². The van der Waals surface area contributed by atoms with Crippen molar-refractivity contribution in [3.05, 3.63) is 64.2 Å². The van der Waals surface area contributed by atoms with Gasteiger partial charge in [0, 0.05) is 17.0 Å². The molecule has 2 bridgehead atoms. The van der Waals surface area contributed by atoms with E-state index in [1.54, 1.807) is 30.3 Å². The highest BCUT2D eigenvalue weighted by atomic mass is 35.5. The standard InChI is InChI=1S/C26H31ClO9/c1-24(2,33)25-14-35-26(36-25,23(32)21(30)22(25)31)17-7-10-19(27)16(13-17)12-15-5-8-18(9-6-15)34-11-3-4-20(28)29/h5-10,13,21-23,30-33H,3-4,11-12,14H2,1-2H3,(H,28,29)/t21-,22-,23+,25-,26-/m0/s1. The maximum atomic E-state index is 10.9. The van der Waals surface area contributed by atoms with Gasteiger partial charge in [0.25, 0.3) is 0 Å². The van der Waals surface area contributed by atoms with Crippen LogP contribution in [0.4, 0.5) is 0 Å². The number of halogens is 1. The Bertz CT molecular complexity index is 1100. The molecule has 9 nitrogen and oxygen atoms in total. The number of carboxylic acids is 1. The third kappa shape index (κ3) is 4.72. The Kier molecular flexibility index (Phi) is 7.38. The number of ether oxygens (including phenoxy) is 3. The van der Waals surface area contributed by atoms with E-state index in [0.717, 1.165) is 5.56 Å². The number of carboxylic acid groups (broad SMARTS) is 1. The summed E-state index contributed by atoms with van der Waals surface area (Å²) in [4.78, 5) is 10.6. The Morgan fingerprint density at radius 3 is 2.47 bits per heavy atom. The minimum atomic E-state index is -1.80. The SMILES string of the molecule is CC(C)(O)[C@@]12CO[C@@](c3ccc(Cl)c(Cc4ccc(OCCCC(=O)O)cc4)c3)(O1)[C@H](O)[C@@H](O)[C@@H]2O. The number of aliphatic hydroxyl groups is 4. The molecule has 0 unspecified atom stereocenters. The summed E-state index contributed by atoms with van der Waals surface area (Å²) < 4.78 is 17.6. The van der Waals surface area contributed by atoms with Gasteiger partial charge in [-0.2, -0.15) is 0 Å². The summed E-state index contributed by atoms with van der Waals surface area (Å²) in [6.45, 7) is 2.97. The summed E-state index contributed by atoms with van der Waals surface area (Å²) in [5.74, 6) is -2.04. The Balaban J connectivity index is 1.55. The van der Waals surface area contributed by atoms with Crippen LogP contribution in [0.3, 0.4) is 0 Å². The van der Waals surface area contributed by atoms with Gasteiger partial charge in [-0.15, -0.1) is 0 Å². The Morgan fingerprint density at radius 1 is 1.14 bits per heavy atom. The summed E-state index contributed by atoms with van der Waals surface area (Å²) in [5.41, 5.74) is -1.21. The first kappa shape index (κ1) is 26.8. The molecule has 2 aromatic carbocycles. The van der Waals surface area contributed by atoms with E-state index in [0.29, 0.717) is 41.3 Å². The van der Waals surface area contributed by atoms with E-state index in [1.807, 2.05) is 12.1 Å². The molecule has 2 fully saturated rings. The largest absolute Gasteiger partial charge is 0.494 e. The lowest BCUT2D eigenvalue weighted by atomic mass is 9.75. The smallest absolute Gasteiger partial charge is 0.303 e. The van der Waals surface area contributed by atoms with Crippen LogP contribution in [0.25, 0.3) is 0 Å². The minimum Gasteiger partial charge on any atom is -0.494 e. The van der Waals surface area contributed by atoms with Crippen molar-refractivity contribution in [3.63, 3.8) is 0 Å². The Hall–Kier alpha value is -2.24. The van der Waals surface area contributed by atoms with Gasteiger partial charge in [0.2, 0.25) is 5.79 Å². The second-order valence-electron chi connectivity index (χ2n) is 9.86. The van der Waals surface area contributed by atoms with Crippen molar-refractivity contribution in [2.24, 2.45) is 0 Å². The summed E-state index contributed by atoms with van der Waals surface area (Å²) in [7, 11) is 0. The molecular weight excluding hydrogens is 492 g/mol. The van der Waals surface area contributed by atoms with Crippen molar-refractivity contribution >= 4 is 17.6 Å². The number of hydrogen-bond acceptors (Lipinski definition) is 8. The average Bonchev–Trinajstić information content (AvgIpc) is 3.23. The number of hydrogen-bond donors (Lipinski definition) is 5. The zero-order valence-electron chi connectivity index (χ0n) is 20.1. The monoisotopic (exact) mass is 522 g/mol. The normalized spacial score (nSPS) is 29.8. The van der Waals surface area contributed by atoms with Gasteiger partial charge in [-0.25, -0.2) is 0 Å². The molecule has 196 valence electrons. The van der Waals surface area contributed by atoms with Crippen LogP contribution in [0.1, 0.15) is 43.4 Å². The Morgan fingerprint density at radius 2 is 1.83 bits per heavy atom. The quantitative estimate of drug-likeness (QED) is 0.312. The number of aliphatic carboxylic acids is 1. The average molecular weight is 523 g/mol. The molecule has 0 amide bonds. The molecule has 36 heavy (non-hydrogen) atoms. The van der Waals surface area contributed by atoms with Gasteiger partial charge < -0.3 is 39.7 Å². The van der Waals surface area contributed by atoms with Crippen LogP contribution < -0.4 is 4.74 Å². The van der Waals surface area contributed by atoms with E-state index in [1.165, 1.54) is 13.8 Å². The maximum Gasteiger partial charge on any atom is 0.303 e. The van der Waals surface area contributed by atoms with Crippen molar-refractivity contribution in [1.82, 2.24) is 0 Å². The summed E-state index contributed by atoms with van der Waals surface area (Å²) >= 11 is 6.47. The molecule has 0 aromatic heterocycles. The molecule has 0 spiro atoms. The summed E-state index contributed by atoms with van der Waals surface area (Å²) in [6.07, 6.45) is -3.91. The molecule has 0 aliphatic carbocycles. The van der Waals surface area contributed by atoms with Crippen LogP contribution in [0.15, 0.2) is 42.5 Å². The molecule has 5 N–H and O–H groups in total. The molecule has 2 saturated heterocycles. The minimum absolute atomic E-state index is 0.0451. The van der Waals surface area contributed by atoms with Crippen LogP contribution in [-0.4, -0.2) is 74.2 Å². The number of rotatable bonds is 9. The van der Waals surface area contributed by atoms with Gasteiger partial charge in [0.05, 0.1) is 18.8 Å². The molecule has 0 radical (unpaired) electrons. The zero-order valence-corrected chi connectivity index (χ0v) is 20.8. The molecule has 4 rings (SSSR count). The predicted molar refractivity (Wildman–Crippen MR) is 129 cm³/mol. The van der Waals surface area contributed by atoms with Gasteiger partial charge >= 0.3 is 5.97 Å². The van der Waals surface area contributed by atoms with Gasteiger partial charge in [-0.05, 0) is 62.1 Å². The van der Waals surface area contributed by atoms with E-state index >= 15 is 0 Å². The molecule has 2 aliphatic heterocycles. The molecule has 10 heteroatoms. The van der Waals surface area contributed by atoms with E-state index in [2.05, 4.69) is 0 Å². The van der Waals surface area contributed by atoms with Crippen molar-refractivity contribution < 1.29 is 44.5 Å². The molecule has 2 aromatic rings. The van der Waals surface area contributed by atoms with E-state index in [-0.39, 0.29) is 13.0 Å². The van der Waals surface area contributed by atoms with E-state index < -0.39 is 41.3 Å². The molecule has 2 aliphatic rings. The van der Waals surface area contributed by atoms with Crippen molar-refractivity contribution in [2.45, 2.75) is 68.4 Å². The van der Waals surface area contributed by atoms with Gasteiger partial charge in [-0.1, -0.05) is 29.8 Å². The number of aliphatic hydroxyl groups excluding tert-OH is 3. The van der Waals surface area contributed by atoms with Crippen molar-refractivity contribution in [1.29, 1.82) is 0 Å². The maximum absolute atomic E-state index is 10.9. The second kappa shape index (κ2) is 9.90. The fourth-order valence-electron chi connectivity index (χ4n) is 4.75. The topological polar surface area (TPSA) is 146 Å². The van der Waals surface area contributed by atoms with Crippen LogP contribution in [0.2, 0.25) is 5.02 Å². The van der Waals surface area contributed by atoms with Gasteiger partial charge in [0.1, 0.15) is 24.1 Å². The molecule has 5 atom stereocenters. The molecule has 0 saturated carbocycles. The highest BCUT2D eigenvalue weighted by molar-refractivity contribution is 6.31. The third-order valence-electron chi connectivity index (χ3n) is 6.95. The highest BCUT2D eigenvalue weighted by Gasteiger charge is 2.71. The van der Waals surface area contributed by atoms with Gasteiger partial charge in [0.15, 0.2) is 5.60 Å². The van der Waals surface area contributed by atoms with Crippen LogP contribution >= 0.6 is 11.6 Å². The fourth-order valence-corrected chi connectivity index (χ4v) is 4.93. The van der Waals surface area contributed by atoms with Crippen LogP contribution in [-0.2, 0) is 26.5 Å². The molecular formula is C26H31ClO9. The first-order valence-electron chi connectivity index (χ1n) is 11.7. The van der Waals surface area contributed by atoms with E-state index in [4.69, 9.17) is 30.9 Å². The fraction of sp³-hybridized carbons (Fsp3) is 0.500. The summed E-state index contributed by atoms with van der Waals surface area (Å²) in [5, 5.41) is 52.1. The lowest BCUT2D eigenvalue weighted by molar-refractivity contribution is -0.348. The van der Waals surface area contributed by atoms with E-state index in [9.17, 15) is 25.2 Å². The van der Waals surface area contributed by atoms with Gasteiger partial charge in [-0.3, -0.25) is 4.79 Å². The third-order valence-corrected chi connectivity index (χ3v) is 7.32. The number of carbonyl (C=O) groups is 1.